The monoisotopic (exact) mass is 468 g/mol. The van der Waals surface area contributed by atoms with Crippen LogP contribution in [0.5, 0.6) is 0 Å². The van der Waals surface area contributed by atoms with E-state index in [1.165, 1.54) is 29.5 Å². The highest BCUT2D eigenvalue weighted by molar-refractivity contribution is 7.99. The van der Waals surface area contributed by atoms with Crippen molar-refractivity contribution in [2.24, 2.45) is 0 Å². The highest BCUT2D eigenvalue weighted by atomic mass is 35.5. The van der Waals surface area contributed by atoms with E-state index in [0.29, 0.717) is 21.7 Å². The van der Waals surface area contributed by atoms with Crippen molar-refractivity contribution in [3.8, 4) is 0 Å². The van der Waals surface area contributed by atoms with Gasteiger partial charge in [-0.05, 0) is 48.5 Å². The molecule has 31 heavy (non-hydrogen) atoms. The molecule has 0 saturated carbocycles. The second-order valence-corrected chi connectivity index (χ2v) is 7.43. The quantitative estimate of drug-likeness (QED) is 0.285. The molecule has 3 N–H and O–H groups in total. The van der Waals surface area contributed by atoms with Crippen LogP contribution in [-0.4, -0.2) is 27.0 Å². The van der Waals surface area contributed by atoms with Gasteiger partial charge in [0.1, 0.15) is 5.03 Å². The minimum atomic E-state index is -4.68. The Hall–Kier alpha value is -3.15. The maximum absolute atomic E-state index is 13.0. The zero-order valence-electron chi connectivity index (χ0n) is 15.3. The van der Waals surface area contributed by atoms with E-state index in [9.17, 15) is 22.8 Å². The summed E-state index contributed by atoms with van der Waals surface area (Å²) in [6.45, 7) is 0. The van der Waals surface area contributed by atoms with Gasteiger partial charge in [-0.1, -0.05) is 23.4 Å². The van der Waals surface area contributed by atoms with Gasteiger partial charge in [0.15, 0.2) is 0 Å². The zero-order chi connectivity index (χ0) is 22.6. The largest absolute Gasteiger partial charge is 0.417 e. The van der Waals surface area contributed by atoms with Crippen molar-refractivity contribution >= 4 is 40.9 Å². The normalized spacial score (nSPS) is 11.1. The first-order chi connectivity index (χ1) is 14.7. The third kappa shape index (κ3) is 5.72. The first kappa shape index (κ1) is 22.5. The van der Waals surface area contributed by atoms with Gasteiger partial charge in [-0.3, -0.25) is 14.8 Å². The first-order valence-electron chi connectivity index (χ1n) is 8.41. The number of carbonyl (C=O) groups is 2. The summed E-state index contributed by atoms with van der Waals surface area (Å²) < 4.78 is 38.9. The smallest absolute Gasteiger partial charge is 0.322 e. The molecule has 2 amide bonds. The molecule has 7 nitrogen and oxygen atoms in total. The van der Waals surface area contributed by atoms with Gasteiger partial charge >= 0.3 is 12.1 Å². The fraction of sp³-hybridized carbons (Fsp3) is 0.0526. The lowest BCUT2D eigenvalue weighted by molar-refractivity contribution is -0.137. The lowest BCUT2D eigenvalue weighted by Gasteiger charge is -2.11. The molecule has 1 aromatic heterocycles. The highest BCUT2D eigenvalue weighted by Crippen LogP contribution is 2.35. The number of aromatic nitrogens is 2. The lowest BCUT2D eigenvalue weighted by Crippen LogP contribution is -2.21. The number of alkyl halides is 3. The van der Waals surface area contributed by atoms with Gasteiger partial charge < -0.3 is 5.32 Å². The predicted molar refractivity (Wildman–Crippen MR) is 106 cm³/mol. The average molecular weight is 469 g/mol. The van der Waals surface area contributed by atoms with E-state index >= 15 is 0 Å². The van der Waals surface area contributed by atoms with Crippen LogP contribution in [0.25, 0.3) is 0 Å². The zero-order valence-corrected chi connectivity index (χ0v) is 16.8. The van der Waals surface area contributed by atoms with E-state index in [4.69, 9.17) is 16.8 Å². The molecule has 3 aromatic rings. The summed E-state index contributed by atoms with van der Waals surface area (Å²) in [5.41, 5.74) is 0.526. The minimum Gasteiger partial charge on any atom is -0.322 e. The van der Waals surface area contributed by atoms with Gasteiger partial charge in [0.25, 0.3) is 5.91 Å². The van der Waals surface area contributed by atoms with Crippen molar-refractivity contribution in [2.45, 2.75) is 16.1 Å². The molecule has 0 bridgehead atoms. The number of hydrogen-bond acceptors (Lipinski definition) is 6. The molecule has 160 valence electrons. The summed E-state index contributed by atoms with van der Waals surface area (Å²) in [6.07, 6.45) is -3.32. The SMILES string of the molecule is O=C(Nc1ccc(Sc2ccnc(C(=O)NO)n2)cc1)c1ccc(Cl)c(C(F)(F)F)c1. The van der Waals surface area contributed by atoms with Crippen LogP contribution in [0.3, 0.4) is 0 Å². The molecule has 1 heterocycles. The Morgan fingerprint density at radius 1 is 1.03 bits per heavy atom. The molecule has 0 aliphatic rings. The number of amides is 2. The van der Waals surface area contributed by atoms with Gasteiger partial charge in [-0.15, -0.1) is 0 Å². The van der Waals surface area contributed by atoms with Crippen LogP contribution in [0.2, 0.25) is 5.02 Å². The molecule has 0 atom stereocenters. The molecule has 0 radical (unpaired) electrons. The topological polar surface area (TPSA) is 104 Å². The molecule has 0 aliphatic carbocycles. The maximum atomic E-state index is 13.0. The van der Waals surface area contributed by atoms with E-state index in [1.807, 2.05) is 0 Å². The van der Waals surface area contributed by atoms with E-state index in [2.05, 4.69) is 15.3 Å². The van der Waals surface area contributed by atoms with Crippen molar-refractivity contribution in [1.82, 2.24) is 15.4 Å². The summed E-state index contributed by atoms with van der Waals surface area (Å²) >= 11 is 6.76. The van der Waals surface area contributed by atoms with Crippen LogP contribution in [0.4, 0.5) is 18.9 Å². The van der Waals surface area contributed by atoms with Gasteiger partial charge in [0, 0.05) is 22.3 Å². The number of hydrogen-bond donors (Lipinski definition) is 3. The number of nitrogens with zero attached hydrogens (tertiary/aromatic N) is 2. The van der Waals surface area contributed by atoms with Crippen LogP contribution in [0, 0.1) is 0 Å². The van der Waals surface area contributed by atoms with E-state index < -0.39 is 28.6 Å². The number of nitrogens with one attached hydrogen (secondary N) is 2. The van der Waals surface area contributed by atoms with Crippen molar-refractivity contribution in [1.29, 1.82) is 0 Å². The van der Waals surface area contributed by atoms with Crippen molar-refractivity contribution < 1.29 is 28.0 Å². The summed E-state index contributed by atoms with van der Waals surface area (Å²) in [4.78, 5) is 32.1. The van der Waals surface area contributed by atoms with Crippen LogP contribution in [0.15, 0.2) is 64.6 Å². The number of carbonyl (C=O) groups excluding carboxylic acids is 2. The van der Waals surface area contributed by atoms with E-state index in [-0.39, 0.29) is 11.4 Å². The van der Waals surface area contributed by atoms with Crippen LogP contribution < -0.4 is 10.8 Å². The molecule has 3 rings (SSSR count). The Labute approximate surface area is 182 Å². The van der Waals surface area contributed by atoms with Crippen LogP contribution in [-0.2, 0) is 6.18 Å². The second kappa shape index (κ2) is 9.33. The Morgan fingerprint density at radius 2 is 1.74 bits per heavy atom. The summed E-state index contributed by atoms with van der Waals surface area (Å²) in [5, 5.41) is 11.1. The van der Waals surface area contributed by atoms with Gasteiger partial charge in [-0.2, -0.15) is 13.2 Å². The van der Waals surface area contributed by atoms with Crippen molar-refractivity contribution in [3.63, 3.8) is 0 Å². The molecule has 2 aromatic carbocycles. The van der Waals surface area contributed by atoms with Crippen LogP contribution >= 0.6 is 23.4 Å². The molecule has 0 unspecified atom stereocenters. The molecular formula is C19H12ClF3N4O3S. The lowest BCUT2D eigenvalue weighted by atomic mass is 10.1. The fourth-order valence-corrected chi connectivity index (χ4v) is 3.37. The summed E-state index contributed by atoms with van der Waals surface area (Å²) in [6, 6.07) is 10.9. The molecule has 0 saturated heterocycles. The van der Waals surface area contributed by atoms with Crippen molar-refractivity contribution in [2.75, 3.05) is 5.32 Å². The average Bonchev–Trinajstić information content (AvgIpc) is 2.74. The molecule has 0 fully saturated rings. The molecule has 0 aliphatic heterocycles. The third-order valence-electron chi connectivity index (χ3n) is 3.80. The standard InChI is InChI=1S/C19H12ClF3N4O3S/c20-14-6-1-10(9-13(14)19(21,22)23)17(28)25-11-2-4-12(5-3-11)31-15-7-8-24-16(26-15)18(29)27-30/h1-9,30H,(H,25,28)(H,27,29). The van der Waals surface area contributed by atoms with Gasteiger partial charge in [-0.25, -0.2) is 15.4 Å². The summed E-state index contributed by atoms with van der Waals surface area (Å²) in [5.74, 6) is -1.79. The first-order valence-corrected chi connectivity index (χ1v) is 9.60. The molecule has 0 spiro atoms. The number of anilines is 1. The Kier molecular flexibility index (Phi) is 6.78. The third-order valence-corrected chi connectivity index (χ3v) is 5.08. The Bertz CT molecular complexity index is 1130. The van der Waals surface area contributed by atoms with Gasteiger partial charge in [0.05, 0.1) is 10.6 Å². The molecular weight excluding hydrogens is 457 g/mol. The van der Waals surface area contributed by atoms with E-state index in [1.54, 1.807) is 30.3 Å². The fourth-order valence-electron chi connectivity index (χ4n) is 2.37. The predicted octanol–water partition coefficient (Wildman–Crippen LogP) is 4.67. The summed E-state index contributed by atoms with van der Waals surface area (Å²) in [7, 11) is 0. The number of hydroxylamine groups is 1. The number of rotatable bonds is 5. The Balaban J connectivity index is 1.70. The van der Waals surface area contributed by atoms with Crippen LogP contribution in [0.1, 0.15) is 26.5 Å². The molecule has 12 heteroatoms. The second-order valence-electron chi connectivity index (χ2n) is 5.93. The Morgan fingerprint density at radius 3 is 2.39 bits per heavy atom. The minimum absolute atomic E-state index is 0.189. The van der Waals surface area contributed by atoms with Crippen molar-refractivity contribution in [3.05, 3.63) is 76.7 Å². The highest BCUT2D eigenvalue weighted by Gasteiger charge is 2.33. The maximum Gasteiger partial charge on any atom is 0.417 e. The van der Waals surface area contributed by atoms with Gasteiger partial charge in [0.2, 0.25) is 5.82 Å². The van der Waals surface area contributed by atoms with E-state index in [0.717, 1.165) is 6.07 Å². The number of benzene rings is 2. The number of halogens is 4.